The molecule has 1 fully saturated rings. The summed E-state index contributed by atoms with van der Waals surface area (Å²) in [5.41, 5.74) is 1.33. The molecule has 0 spiro atoms. The summed E-state index contributed by atoms with van der Waals surface area (Å²) < 4.78 is 52.0. The zero-order valence-corrected chi connectivity index (χ0v) is 23.3. The first-order chi connectivity index (χ1) is 19.2. The van der Waals surface area contributed by atoms with Crippen molar-refractivity contribution in [1.29, 1.82) is 5.26 Å². The molecule has 0 radical (unpaired) electrons. The Morgan fingerprint density at radius 3 is 2.50 bits per heavy atom. The summed E-state index contributed by atoms with van der Waals surface area (Å²) in [6.07, 6.45) is 3.09. The molecule has 216 valence electrons. The Kier molecular flexibility index (Phi) is 11.2. The van der Waals surface area contributed by atoms with Gasteiger partial charge in [-0.1, -0.05) is 31.4 Å². The lowest BCUT2D eigenvalue weighted by atomic mass is 9.89. The fraction of sp³-hybridized carbons (Fsp3) is 0.500. The van der Waals surface area contributed by atoms with E-state index in [4.69, 9.17) is 9.47 Å². The topological polar surface area (TPSA) is 87.0 Å². The molecule has 2 aromatic carbocycles. The molecule has 7 nitrogen and oxygen atoms in total. The van der Waals surface area contributed by atoms with Crippen LogP contribution in [0.4, 0.5) is 13.2 Å². The molecule has 0 aromatic heterocycles. The summed E-state index contributed by atoms with van der Waals surface area (Å²) in [6, 6.07) is 8.75. The van der Waals surface area contributed by atoms with E-state index in [2.05, 4.69) is 10.3 Å². The van der Waals surface area contributed by atoms with Gasteiger partial charge in [0.1, 0.15) is 5.75 Å². The maximum Gasteiger partial charge on any atom is 0.416 e. The van der Waals surface area contributed by atoms with Gasteiger partial charge in [0.25, 0.3) is 0 Å². The predicted octanol–water partition coefficient (Wildman–Crippen LogP) is 6.32. The minimum atomic E-state index is -4.54. The van der Waals surface area contributed by atoms with Gasteiger partial charge < -0.3 is 14.4 Å². The molecule has 2 aromatic rings. The van der Waals surface area contributed by atoms with E-state index in [9.17, 15) is 23.2 Å². The fourth-order valence-corrected chi connectivity index (χ4v) is 5.01. The van der Waals surface area contributed by atoms with E-state index in [0.29, 0.717) is 53.0 Å². The van der Waals surface area contributed by atoms with Crippen LogP contribution in [-0.4, -0.2) is 43.6 Å². The molecule has 0 amide bonds. The molecule has 1 N–H and O–H groups in total. The van der Waals surface area contributed by atoms with Gasteiger partial charge in [0, 0.05) is 25.2 Å². The van der Waals surface area contributed by atoms with Crippen LogP contribution in [0.5, 0.6) is 5.75 Å². The number of nitrogens with one attached hydrogen (secondary N) is 1. The molecule has 1 saturated carbocycles. The average molecular weight is 559 g/mol. The highest BCUT2D eigenvalue weighted by Crippen LogP contribution is 2.38. The molecule has 0 bridgehead atoms. The summed E-state index contributed by atoms with van der Waals surface area (Å²) in [7, 11) is 1.48. The molecule has 0 aliphatic heterocycles. The van der Waals surface area contributed by atoms with Gasteiger partial charge in [0.15, 0.2) is 6.19 Å². The fourth-order valence-electron chi connectivity index (χ4n) is 5.01. The lowest BCUT2D eigenvalue weighted by Crippen LogP contribution is -2.39. The number of carbonyl (C=O) groups excluding carboxylic acids is 1. The third kappa shape index (κ3) is 8.38. The molecular formula is C30H37F3N4O3. The van der Waals surface area contributed by atoms with Crippen LogP contribution in [0.3, 0.4) is 0 Å². The number of guanidine groups is 1. The number of rotatable bonds is 10. The van der Waals surface area contributed by atoms with Crippen molar-refractivity contribution >= 4 is 11.9 Å². The van der Waals surface area contributed by atoms with E-state index in [1.807, 2.05) is 13.1 Å². The Labute approximate surface area is 234 Å². The zero-order chi connectivity index (χ0) is 29.1. The zero-order valence-electron chi connectivity index (χ0n) is 23.3. The molecular weight excluding hydrogens is 521 g/mol. The summed E-state index contributed by atoms with van der Waals surface area (Å²) in [5, 5.41) is 12.1. The smallest absolute Gasteiger partial charge is 0.416 e. The average Bonchev–Trinajstić information content (AvgIpc) is 2.94. The Hall–Kier alpha value is -3.74. The number of alkyl halides is 3. The van der Waals surface area contributed by atoms with Crippen molar-refractivity contribution in [3.63, 3.8) is 0 Å². The van der Waals surface area contributed by atoms with E-state index in [-0.39, 0.29) is 19.6 Å². The number of aliphatic imine (C=N–C) groups is 1. The number of methoxy groups -OCH3 is 1. The number of hydrogen-bond donors (Lipinski definition) is 1. The second kappa shape index (κ2) is 14.6. The largest absolute Gasteiger partial charge is 0.496 e. The summed E-state index contributed by atoms with van der Waals surface area (Å²) in [5.74, 6) is 0.822. The van der Waals surface area contributed by atoms with Crippen LogP contribution in [-0.2, 0) is 28.7 Å². The maximum atomic E-state index is 13.8. The van der Waals surface area contributed by atoms with E-state index < -0.39 is 17.7 Å². The summed E-state index contributed by atoms with van der Waals surface area (Å²) in [4.78, 5) is 18.6. The second-order valence-corrected chi connectivity index (χ2v) is 9.81. The summed E-state index contributed by atoms with van der Waals surface area (Å²) in [6.45, 7) is 4.87. The molecule has 1 aliphatic carbocycles. The van der Waals surface area contributed by atoms with Crippen LogP contribution < -0.4 is 10.1 Å². The van der Waals surface area contributed by atoms with Crippen LogP contribution in [0.25, 0.3) is 11.1 Å². The Morgan fingerprint density at radius 1 is 1.12 bits per heavy atom. The quantitative estimate of drug-likeness (QED) is 0.121. The highest BCUT2D eigenvalue weighted by Gasteiger charge is 2.31. The van der Waals surface area contributed by atoms with Crippen molar-refractivity contribution in [2.45, 2.75) is 65.1 Å². The number of benzene rings is 2. The first-order valence-corrected chi connectivity index (χ1v) is 13.7. The predicted molar refractivity (Wildman–Crippen MR) is 147 cm³/mol. The van der Waals surface area contributed by atoms with Crippen molar-refractivity contribution in [2.24, 2.45) is 10.9 Å². The lowest BCUT2D eigenvalue weighted by Gasteiger charge is -2.27. The van der Waals surface area contributed by atoms with Gasteiger partial charge in [-0.15, -0.1) is 0 Å². The number of ether oxygens (including phenoxy) is 2. The third-order valence-corrected chi connectivity index (χ3v) is 7.07. The molecule has 0 atom stereocenters. The molecule has 1 aliphatic rings. The molecule has 10 heteroatoms. The van der Waals surface area contributed by atoms with Crippen LogP contribution in [0.2, 0.25) is 0 Å². The van der Waals surface area contributed by atoms with E-state index in [1.54, 1.807) is 30.0 Å². The Bertz CT molecular complexity index is 1220. The SMILES string of the molecule is CCOC(=O)Cc1ccc(OC)c(-c2ccc(C(F)(F)F)cc2CN(CC)C(=NCC2CCCCC2)NC#N)c1. The van der Waals surface area contributed by atoms with Crippen molar-refractivity contribution in [3.05, 3.63) is 53.1 Å². The first kappa shape index (κ1) is 30.8. The van der Waals surface area contributed by atoms with Gasteiger partial charge in [0.05, 0.1) is 25.7 Å². The highest BCUT2D eigenvalue weighted by molar-refractivity contribution is 5.82. The second-order valence-electron chi connectivity index (χ2n) is 9.81. The van der Waals surface area contributed by atoms with E-state index in [0.717, 1.165) is 37.8 Å². The normalized spacial score (nSPS) is 14.4. The maximum absolute atomic E-state index is 13.8. The minimum absolute atomic E-state index is 0.0198. The molecule has 0 unspecified atom stereocenters. The first-order valence-electron chi connectivity index (χ1n) is 13.7. The minimum Gasteiger partial charge on any atom is -0.496 e. The van der Waals surface area contributed by atoms with Crippen LogP contribution in [0, 0.1) is 17.4 Å². The number of carbonyl (C=O) groups is 1. The summed E-state index contributed by atoms with van der Waals surface area (Å²) >= 11 is 0. The molecule has 3 rings (SSSR count). The van der Waals surface area contributed by atoms with E-state index in [1.165, 1.54) is 19.6 Å². The molecule has 0 heterocycles. The number of nitrogens with zero attached hydrogens (tertiary/aromatic N) is 3. The van der Waals surface area contributed by atoms with E-state index >= 15 is 0 Å². The van der Waals surface area contributed by atoms with Gasteiger partial charge in [-0.3, -0.25) is 15.1 Å². The Morgan fingerprint density at radius 2 is 1.88 bits per heavy atom. The third-order valence-electron chi connectivity index (χ3n) is 7.07. The number of nitriles is 1. The lowest BCUT2D eigenvalue weighted by molar-refractivity contribution is -0.142. The number of esters is 1. The number of hydrogen-bond acceptors (Lipinski definition) is 5. The van der Waals surface area contributed by atoms with Crippen LogP contribution in [0.1, 0.15) is 62.6 Å². The monoisotopic (exact) mass is 558 g/mol. The van der Waals surface area contributed by atoms with Crippen LogP contribution >= 0.6 is 0 Å². The molecule has 40 heavy (non-hydrogen) atoms. The van der Waals surface area contributed by atoms with Crippen molar-refractivity contribution in [3.8, 4) is 23.1 Å². The van der Waals surface area contributed by atoms with Crippen molar-refractivity contribution in [1.82, 2.24) is 10.2 Å². The van der Waals surface area contributed by atoms with Gasteiger partial charge in [-0.25, -0.2) is 0 Å². The van der Waals surface area contributed by atoms with Gasteiger partial charge in [0.2, 0.25) is 5.96 Å². The highest BCUT2D eigenvalue weighted by atomic mass is 19.4. The molecule has 0 saturated heterocycles. The Balaban J connectivity index is 2.04. The number of halogens is 3. The standard InChI is InChI=1S/C30H37F3N4O3/c1-4-37(29(36-20-34)35-18-21-9-7-6-8-10-21)19-23-17-24(30(31,32)33)12-13-25(23)26-15-22(11-14-27(26)39-3)16-28(38)40-5-2/h11-15,17,21H,4-10,16,18-19H2,1-3H3,(H,35,36). The van der Waals surface area contributed by atoms with Crippen LogP contribution in [0.15, 0.2) is 41.4 Å². The van der Waals surface area contributed by atoms with Crippen molar-refractivity contribution < 1.29 is 27.4 Å². The van der Waals surface area contributed by atoms with Gasteiger partial charge in [-0.05, 0) is 73.6 Å². The van der Waals surface area contributed by atoms with Gasteiger partial charge in [-0.2, -0.15) is 18.4 Å². The van der Waals surface area contributed by atoms with Crippen molar-refractivity contribution in [2.75, 3.05) is 26.8 Å². The van der Waals surface area contributed by atoms with Gasteiger partial charge >= 0.3 is 12.1 Å².